The molecule has 1 amide bonds. The first kappa shape index (κ1) is 15.5. The minimum atomic E-state index is -0.499. The second kappa shape index (κ2) is 6.70. The zero-order valence-corrected chi connectivity index (χ0v) is 12.7. The van der Waals surface area contributed by atoms with Crippen LogP contribution < -0.4 is 16.8 Å². The molecule has 0 fully saturated rings. The average molecular weight is 324 g/mol. The SMILES string of the molecule is NC(=O)c1ccc(NCCc2ccc(Cl)cc2Cl)c(N)c1. The lowest BCUT2D eigenvalue weighted by Gasteiger charge is -2.11. The summed E-state index contributed by atoms with van der Waals surface area (Å²) in [6, 6.07) is 10.3. The second-order valence-electron chi connectivity index (χ2n) is 4.58. The molecule has 0 saturated carbocycles. The smallest absolute Gasteiger partial charge is 0.248 e. The predicted octanol–water partition coefficient (Wildman–Crippen LogP) is 3.33. The number of primary amides is 1. The van der Waals surface area contributed by atoms with Crippen LogP contribution in [0.5, 0.6) is 0 Å². The summed E-state index contributed by atoms with van der Waals surface area (Å²) in [6.07, 6.45) is 0.729. The van der Waals surface area contributed by atoms with Crippen LogP contribution in [0.25, 0.3) is 0 Å². The number of rotatable bonds is 5. The fourth-order valence-corrected chi connectivity index (χ4v) is 2.44. The number of halogens is 2. The molecule has 0 saturated heterocycles. The fourth-order valence-electron chi connectivity index (χ4n) is 1.93. The molecule has 2 rings (SSSR count). The molecule has 0 radical (unpaired) electrons. The van der Waals surface area contributed by atoms with Crippen molar-refractivity contribution in [2.45, 2.75) is 6.42 Å². The Morgan fingerprint density at radius 1 is 1.14 bits per heavy atom. The molecule has 0 heterocycles. The first-order chi connectivity index (χ1) is 9.97. The molecule has 6 heteroatoms. The maximum absolute atomic E-state index is 11.0. The normalized spacial score (nSPS) is 10.4. The van der Waals surface area contributed by atoms with Gasteiger partial charge in [0.1, 0.15) is 0 Å². The van der Waals surface area contributed by atoms with Gasteiger partial charge < -0.3 is 16.8 Å². The summed E-state index contributed by atoms with van der Waals surface area (Å²) in [6.45, 7) is 0.654. The lowest BCUT2D eigenvalue weighted by atomic mass is 10.1. The van der Waals surface area contributed by atoms with E-state index in [2.05, 4.69) is 5.32 Å². The Hall–Kier alpha value is -1.91. The van der Waals surface area contributed by atoms with Crippen molar-refractivity contribution in [3.05, 3.63) is 57.6 Å². The van der Waals surface area contributed by atoms with Gasteiger partial charge in [0.05, 0.1) is 11.4 Å². The number of hydrogen-bond acceptors (Lipinski definition) is 3. The number of nitrogen functional groups attached to an aromatic ring is 1. The van der Waals surface area contributed by atoms with Crippen molar-refractivity contribution in [2.24, 2.45) is 5.73 Å². The summed E-state index contributed by atoms with van der Waals surface area (Å²) in [4.78, 5) is 11.0. The molecule has 110 valence electrons. The number of amides is 1. The van der Waals surface area contributed by atoms with E-state index in [-0.39, 0.29) is 0 Å². The van der Waals surface area contributed by atoms with Crippen molar-refractivity contribution in [3.63, 3.8) is 0 Å². The van der Waals surface area contributed by atoms with Crippen LogP contribution >= 0.6 is 23.2 Å². The summed E-state index contributed by atoms with van der Waals surface area (Å²) >= 11 is 12.0. The Kier molecular flexibility index (Phi) is 4.94. The standard InChI is InChI=1S/C15H15Cl2N3O/c16-11-3-1-9(12(17)8-11)5-6-20-14-4-2-10(15(19)21)7-13(14)18/h1-4,7-8,20H,5-6,18H2,(H2,19,21). The molecule has 0 atom stereocenters. The zero-order chi connectivity index (χ0) is 15.4. The van der Waals surface area contributed by atoms with E-state index >= 15 is 0 Å². The highest BCUT2D eigenvalue weighted by Crippen LogP contribution is 2.23. The van der Waals surface area contributed by atoms with Crippen molar-refractivity contribution >= 4 is 40.5 Å². The number of hydrogen-bond donors (Lipinski definition) is 3. The van der Waals surface area contributed by atoms with E-state index in [9.17, 15) is 4.79 Å². The molecule has 0 bridgehead atoms. The highest BCUT2D eigenvalue weighted by atomic mass is 35.5. The predicted molar refractivity (Wildman–Crippen MR) is 88.0 cm³/mol. The van der Waals surface area contributed by atoms with Crippen LogP contribution in [0.1, 0.15) is 15.9 Å². The first-order valence-electron chi connectivity index (χ1n) is 6.34. The molecule has 21 heavy (non-hydrogen) atoms. The van der Waals surface area contributed by atoms with E-state index in [0.717, 1.165) is 17.7 Å². The molecule has 2 aromatic rings. The van der Waals surface area contributed by atoms with Crippen LogP contribution in [0.2, 0.25) is 10.0 Å². The van der Waals surface area contributed by atoms with E-state index in [0.29, 0.717) is 27.8 Å². The Balaban J connectivity index is 1.99. The van der Waals surface area contributed by atoms with E-state index in [1.165, 1.54) is 0 Å². The topological polar surface area (TPSA) is 81.1 Å². The van der Waals surface area contributed by atoms with Gasteiger partial charge in [-0.2, -0.15) is 0 Å². The first-order valence-corrected chi connectivity index (χ1v) is 7.10. The van der Waals surface area contributed by atoms with E-state index in [4.69, 9.17) is 34.7 Å². The molecule has 0 aliphatic heterocycles. The molecule has 0 unspecified atom stereocenters. The van der Waals surface area contributed by atoms with Gasteiger partial charge >= 0.3 is 0 Å². The largest absolute Gasteiger partial charge is 0.397 e. The van der Waals surface area contributed by atoms with E-state index < -0.39 is 5.91 Å². The van der Waals surface area contributed by atoms with Gasteiger partial charge in [0, 0.05) is 22.2 Å². The number of carbonyl (C=O) groups is 1. The van der Waals surface area contributed by atoms with Gasteiger partial charge in [-0.25, -0.2) is 0 Å². The number of anilines is 2. The van der Waals surface area contributed by atoms with Crippen molar-refractivity contribution in [2.75, 3.05) is 17.6 Å². The van der Waals surface area contributed by atoms with Crippen LogP contribution in [-0.4, -0.2) is 12.5 Å². The monoisotopic (exact) mass is 323 g/mol. The summed E-state index contributed by atoms with van der Waals surface area (Å²) < 4.78 is 0. The number of carbonyl (C=O) groups excluding carboxylic acids is 1. The fraction of sp³-hybridized carbons (Fsp3) is 0.133. The van der Waals surface area contributed by atoms with Crippen LogP contribution in [-0.2, 0) is 6.42 Å². The molecular weight excluding hydrogens is 309 g/mol. The van der Waals surface area contributed by atoms with Crippen LogP contribution in [0.3, 0.4) is 0 Å². The molecule has 2 aromatic carbocycles. The quantitative estimate of drug-likeness (QED) is 0.738. The maximum atomic E-state index is 11.0. The third-order valence-electron chi connectivity index (χ3n) is 3.06. The molecule has 0 spiro atoms. The summed E-state index contributed by atoms with van der Waals surface area (Å²) in [5.41, 5.74) is 13.7. The summed E-state index contributed by atoms with van der Waals surface area (Å²) in [5.74, 6) is -0.499. The summed E-state index contributed by atoms with van der Waals surface area (Å²) in [7, 11) is 0. The van der Waals surface area contributed by atoms with E-state index in [1.807, 2.05) is 6.07 Å². The molecule has 0 aliphatic rings. The molecule has 0 aliphatic carbocycles. The highest BCUT2D eigenvalue weighted by molar-refractivity contribution is 6.35. The number of benzene rings is 2. The van der Waals surface area contributed by atoms with Crippen molar-refractivity contribution in [1.29, 1.82) is 0 Å². The van der Waals surface area contributed by atoms with Gasteiger partial charge in [-0.1, -0.05) is 29.3 Å². The van der Waals surface area contributed by atoms with E-state index in [1.54, 1.807) is 30.3 Å². The minimum absolute atomic E-state index is 0.388. The molecular formula is C15H15Cl2N3O. The zero-order valence-electron chi connectivity index (χ0n) is 11.2. The van der Waals surface area contributed by atoms with Crippen LogP contribution in [0.15, 0.2) is 36.4 Å². The maximum Gasteiger partial charge on any atom is 0.248 e. The molecule has 0 aromatic heterocycles. The van der Waals surface area contributed by atoms with Crippen molar-refractivity contribution < 1.29 is 4.79 Å². The third kappa shape index (κ3) is 4.03. The van der Waals surface area contributed by atoms with Gasteiger partial charge in [-0.3, -0.25) is 4.79 Å². The highest BCUT2D eigenvalue weighted by Gasteiger charge is 2.05. The minimum Gasteiger partial charge on any atom is -0.397 e. The van der Waals surface area contributed by atoms with Gasteiger partial charge in [0.2, 0.25) is 5.91 Å². The Morgan fingerprint density at radius 2 is 1.90 bits per heavy atom. The van der Waals surface area contributed by atoms with Gasteiger partial charge in [0.25, 0.3) is 0 Å². The van der Waals surface area contributed by atoms with Crippen molar-refractivity contribution in [1.82, 2.24) is 0 Å². The van der Waals surface area contributed by atoms with Gasteiger partial charge in [-0.05, 0) is 42.3 Å². The number of nitrogens with two attached hydrogens (primary N) is 2. The lowest BCUT2D eigenvalue weighted by Crippen LogP contribution is -2.12. The second-order valence-corrected chi connectivity index (χ2v) is 5.42. The third-order valence-corrected chi connectivity index (χ3v) is 3.65. The Morgan fingerprint density at radius 3 is 2.52 bits per heavy atom. The summed E-state index contributed by atoms with van der Waals surface area (Å²) in [5, 5.41) is 4.45. The van der Waals surface area contributed by atoms with Crippen LogP contribution in [0, 0.1) is 0 Å². The molecule has 5 N–H and O–H groups in total. The van der Waals surface area contributed by atoms with Gasteiger partial charge in [0.15, 0.2) is 0 Å². The Labute approximate surface area is 133 Å². The Bertz CT molecular complexity index is 674. The lowest BCUT2D eigenvalue weighted by molar-refractivity contribution is 0.100. The van der Waals surface area contributed by atoms with Crippen LogP contribution in [0.4, 0.5) is 11.4 Å². The number of nitrogens with one attached hydrogen (secondary N) is 1. The van der Waals surface area contributed by atoms with Gasteiger partial charge in [-0.15, -0.1) is 0 Å². The molecule has 4 nitrogen and oxygen atoms in total. The average Bonchev–Trinajstić information content (AvgIpc) is 2.42. The van der Waals surface area contributed by atoms with Crippen molar-refractivity contribution in [3.8, 4) is 0 Å².